The number of rotatable bonds is 6. The highest BCUT2D eigenvalue weighted by Crippen LogP contribution is 2.15. The number of unbranched alkanes of at least 4 members (excludes halogenated alkanes) is 1. The predicted molar refractivity (Wildman–Crippen MR) is 48.5 cm³/mol. The second-order valence-electron chi connectivity index (χ2n) is 3.15. The van der Waals surface area contributed by atoms with Crippen LogP contribution in [0.25, 0.3) is 0 Å². The van der Waals surface area contributed by atoms with Gasteiger partial charge in [-0.05, 0) is 25.8 Å². The number of amides is 1. The lowest BCUT2D eigenvalue weighted by Crippen LogP contribution is -2.46. The van der Waals surface area contributed by atoms with Crippen molar-refractivity contribution in [3.8, 4) is 0 Å². The van der Waals surface area contributed by atoms with Gasteiger partial charge in [-0.1, -0.05) is 0 Å². The molecule has 0 aromatic carbocycles. The summed E-state index contributed by atoms with van der Waals surface area (Å²) in [4.78, 5) is 21.0. The van der Waals surface area contributed by atoms with E-state index < -0.39 is 24.1 Å². The Morgan fingerprint density at radius 1 is 1.31 bits per heavy atom. The average Bonchev–Trinajstić information content (AvgIpc) is 2.14. The summed E-state index contributed by atoms with van der Waals surface area (Å²) in [6.07, 6.45) is -4.31. The standard InChI is InChI=1S/C8H13F3N2O3/c9-8(10,11)7(16)13-5(6(14)15)3-1-2-4-12/h5H,1-4,12H2,(H,13,16)(H,14,15)/t5-/m1/s1. The summed E-state index contributed by atoms with van der Waals surface area (Å²) in [5.41, 5.74) is 5.15. The molecule has 0 rings (SSSR count). The largest absolute Gasteiger partial charge is 0.480 e. The number of alkyl halides is 3. The SMILES string of the molecule is NCCCC[C@@H](NC(=O)C(F)(F)F)C(=O)O. The second-order valence-corrected chi connectivity index (χ2v) is 3.15. The fraction of sp³-hybridized carbons (Fsp3) is 0.750. The van der Waals surface area contributed by atoms with Gasteiger partial charge in [0, 0.05) is 0 Å². The first-order valence-corrected chi connectivity index (χ1v) is 4.59. The number of carbonyl (C=O) groups excluding carboxylic acids is 1. The van der Waals surface area contributed by atoms with Crippen molar-refractivity contribution in [1.82, 2.24) is 5.32 Å². The zero-order valence-corrected chi connectivity index (χ0v) is 8.38. The van der Waals surface area contributed by atoms with Gasteiger partial charge in [0.05, 0.1) is 0 Å². The molecule has 5 nitrogen and oxygen atoms in total. The van der Waals surface area contributed by atoms with Crippen LogP contribution >= 0.6 is 0 Å². The third-order valence-electron chi connectivity index (χ3n) is 1.81. The van der Waals surface area contributed by atoms with E-state index in [-0.39, 0.29) is 6.42 Å². The highest BCUT2D eigenvalue weighted by atomic mass is 19.4. The fourth-order valence-corrected chi connectivity index (χ4v) is 0.990. The number of nitrogens with one attached hydrogen (secondary N) is 1. The smallest absolute Gasteiger partial charge is 0.471 e. The fourth-order valence-electron chi connectivity index (χ4n) is 0.990. The first-order valence-electron chi connectivity index (χ1n) is 4.59. The monoisotopic (exact) mass is 242 g/mol. The molecule has 0 fully saturated rings. The summed E-state index contributed by atoms with van der Waals surface area (Å²) in [6.45, 7) is 0.319. The molecule has 0 aromatic heterocycles. The van der Waals surface area contributed by atoms with Gasteiger partial charge >= 0.3 is 18.1 Å². The van der Waals surface area contributed by atoms with Gasteiger partial charge in [0.25, 0.3) is 0 Å². The Morgan fingerprint density at radius 2 is 1.88 bits per heavy atom. The number of carboxylic acids is 1. The summed E-state index contributed by atoms with van der Waals surface area (Å²) in [5, 5.41) is 9.98. The Bertz CT molecular complexity index is 255. The number of aliphatic carboxylic acids is 1. The first-order chi connectivity index (χ1) is 7.29. The number of halogens is 3. The van der Waals surface area contributed by atoms with Gasteiger partial charge in [-0.3, -0.25) is 4.79 Å². The minimum Gasteiger partial charge on any atom is -0.480 e. The summed E-state index contributed by atoms with van der Waals surface area (Å²) in [6, 6.07) is -1.53. The van der Waals surface area contributed by atoms with Crippen LogP contribution in [0.15, 0.2) is 0 Å². The predicted octanol–water partition coefficient (Wildman–Crippen LogP) is 0.247. The Kier molecular flexibility index (Phi) is 5.79. The van der Waals surface area contributed by atoms with Crippen LogP contribution in [-0.4, -0.2) is 35.7 Å². The molecule has 94 valence electrons. The molecule has 0 bridgehead atoms. The van der Waals surface area contributed by atoms with Crippen molar-refractivity contribution in [3.63, 3.8) is 0 Å². The van der Waals surface area contributed by atoms with Gasteiger partial charge in [0.1, 0.15) is 6.04 Å². The molecule has 0 spiro atoms. The van der Waals surface area contributed by atoms with Crippen LogP contribution in [-0.2, 0) is 9.59 Å². The molecule has 1 amide bonds. The molecule has 0 aliphatic heterocycles. The molecule has 0 saturated heterocycles. The second kappa shape index (κ2) is 6.31. The van der Waals surface area contributed by atoms with E-state index in [4.69, 9.17) is 10.8 Å². The zero-order chi connectivity index (χ0) is 12.8. The quantitative estimate of drug-likeness (QED) is 0.582. The Labute approximate surface area is 89.8 Å². The molecule has 0 heterocycles. The van der Waals surface area contributed by atoms with Gasteiger partial charge < -0.3 is 16.2 Å². The first kappa shape index (κ1) is 14.7. The molecule has 4 N–H and O–H groups in total. The van der Waals surface area contributed by atoms with Gasteiger partial charge in [-0.2, -0.15) is 13.2 Å². The van der Waals surface area contributed by atoms with E-state index in [1.165, 1.54) is 5.32 Å². The number of hydrogen-bond acceptors (Lipinski definition) is 3. The lowest BCUT2D eigenvalue weighted by molar-refractivity contribution is -0.175. The molecular weight excluding hydrogens is 229 g/mol. The molecule has 1 atom stereocenters. The van der Waals surface area contributed by atoms with Gasteiger partial charge in [0.15, 0.2) is 0 Å². The van der Waals surface area contributed by atoms with Crippen LogP contribution < -0.4 is 11.1 Å². The van der Waals surface area contributed by atoms with Crippen molar-refractivity contribution in [3.05, 3.63) is 0 Å². The van der Waals surface area contributed by atoms with Crippen molar-refractivity contribution >= 4 is 11.9 Å². The van der Waals surface area contributed by atoms with Crippen LogP contribution in [0.4, 0.5) is 13.2 Å². The molecule has 8 heteroatoms. The van der Waals surface area contributed by atoms with Crippen molar-refractivity contribution in [2.24, 2.45) is 5.73 Å². The molecule has 0 saturated carbocycles. The Balaban J connectivity index is 4.24. The van der Waals surface area contributed by atoms with E-state index in [1.807, 2.05) is 0 Å². The summed E-state index contributed by atoms with van der Waals surface area (Å²) < 4.78 is 35.5. The van der Waals surface area contributed by atoms with Crippen molar-refractivity contribution in [2.75, 3.05) is 6.54 Å². The molecule has 16 heavy (non-hydrogen) atoms. The minimum absolute atomic E-state index is 0.0750. The molecular formula is C8H13F3N2O3. The summed E-state index contributed by atoms with van der Waals surface area (Å²) in [5.74, 6) is -3.73. The number of carbonyl (C=O) groups is 2. The van der Waals surface area contributed by atoms with Crippen LogP contribution in [0.2, 0.25) is 0 Å². The Morgan fingerprint density at radius 3 is 2.25 bits per heavy atom. The van der Waals surface area contributed by atoms with E-state index in [2.05, 4.69) is 0 Å². The molecule has 0 unspecified atom stereocenters. The van der Waals surface area contributed by atoms with Crippen molar-refractivity contribution in [1.29, 1.82) is 0 Å². The minimum atomic E-state index is -5.07. The molecule has 0 radical (unpaired) electrons. The molecule has 0 aliphatic carbocycles. The van der Waals surface area contributed by atoms with E-state index in [1.54, 1.807) is 0 Å². The third-order valence-corrected chi connectivity index (χ3v) is 1.81. The number of carboxylic acid groups (broad SMARTS) is 1. The maximum absolute atomic E-state index is 11.8. The molecule has 0 aromatic rings. The maximum atomic E-state index is 11.8. The number of hydrogen-bond donors (Lipinski definition) is 3. The van der Waals surface area contributed by atoms with Crippen LogP contribution in [0.5, 0.6) is 0 Å². The van der Waals surface area contributed by atoms with Gasteiger partial charge in [-0.25, -0.2) is 4.79 Å². The molecule has 0 aliphatic rings. The lowest BCUT2D eigenvalue weighted by Gasteiger charge is -2.15. The lowest BCUT2D eigenvalue weighted by atomic mass is 10.1. The summed E-state index contributed by atoms with van der Waals surface area (Å²) in [7, 11) is 0. The Hall–Kier alpha value is -1.31. The van der Waals surface area contributed by atoms with Crippen LogP contribution in [0, 0.1) is 0 Å². The topological polar surface area (TPSA) is 92.4 Å². The van der Waals surface area contributed by atoms with Crippen LogP contribution in [0.1, 0.15) is 19.3 Å². The van der Waals surface area contributed by atoms with Crippen molar-refractivity contribution < 1.29 is 27.9 Å². The van der Waals surface area contributed by atoms with Crippen molar-refractivity contribution in [2.45, 2.75) is 31.5 Å². The van der Waals surface area contributed by atoms with E-state index in [0.717, 1.165) is 0 Å². The van der Waals surface area contributed by atoms with Crippen LogP contribution in [0.3, 0.4) is 0 Å². The highest BCUT2D eigenvalue weighted by Gasteiger charge is 2.40. The zero-order valence-electron chi connectivity index (χ0n) is 8.38. The summed E-state index contributed by atoms with van der Waals surface area (Å²) >= 11 is 0. The van der Waals surface area contributed by atoms with E-state index in [9.17, 15) is 22.8 Å². The average molecular weight is 242 g/mol. The highest BCUT2D eigenvalue weighted by molar-refractivity contribution is 5.86. The number of nitrogens with two attached hydrogens (primary N) is 1. The van der Waals surface area contributed by atoms with Gasteiger partial charge in [0.2, 0.25) is 0 Å². The third kappa shape index (κ3) is 5.54. The maximum Gasteiger partial charge on any atom is 0.471 e. The normalized spacial score (nSPS) is 13.2. The van der Waals surface area contributed by atoms with E-state index in [0.29, 0.717) is 19.4 Å². The van der Waals surface area contributed by atoms with Gasteiger partial charge in [-0.15, -0.1) is 0 Å². The van der Waals surface area contributed by atoms with E-state index >= 15 is 0 Å².